The minimum Gasteiger partial charge on any atom is -0.370 e. The lowest BCUT2D eigenvalue weighted by Crippen LogP contribution is -2.53. The molecular weight excluding hydrogens is 234 g/mol. The summed E-state index contributed by atoms with van der Waals surface area (Å²) in [6.07, 6.45) is 0.947. The topological polar surface area (TPSA) is 53.0 Å². The maximum absolute atomic E-state index is 8.85. The number of nitrogens with zero attached hydrogens (tertiary/aromatic N) is 2. The fourth-order valence-corrected chi connectivity index (χ4v) is 2.67. The van der Waals surface area contributed by atoms with E-state index in [1.165, 1.54) is 0 Å². The average molecular weight is 259 g/mol. The van der Waals surface area contributed by atoms with Crippen LogP contribution in [0.25, 0.3) is 0 Å². The molecule has 104 valence electrons. The first-order valence-corrected chi connectivity index (χ1v) is 6.79. The second kappa shape index (κ2) is 6.08. The zero-order valence-corrected chi connectivity index (χ0v) is 12.6. The number of nitrogens with two attached hydrogens (primary N) is 1. The lowest BCUT2D eigenvalue weighted by atomic mass is 9.80. The van der Waals surface area contributed by atoms with Gasteiger partial charge in [-0.3, -0.25) is 0 Å². The zero-order valence-electron chi connectivity index (χ0n) is 12.6. The first kappa shape index (κ1) is 15.5. The Morgan fingerprint density at radius 3 is 2.16 bits per heavy atom. The number of benzene rings is 1. The summed E-state index contributed by atoms with van der Waals surface area (Å²) in [5.74, 6) is 0. The quantitative estimate of drug-likeness (QED) is 0.903. The highest BCUT2D eigenvalue weighted by Crippen LogP contribution is 2.30. The van der Waals surface area contributed by atoms with Gasteiger partial charge in [-0.1, -0.05) is 27.7 Å². The molecule has 0 aliphatic carbocycles. The molecule has 1 rings (SSSR count). The van der Waals surface area contributed by atoms with Crippen molar-refractivity contribution in [2.24, 2.45) is 11.1 Å². The van der Waals surface area contributed by atoms with E-state index in [9.17, 15) is 0 Å². The van der Waals surface area contributed by atoms with Gasteiger partial charge in [-0.05, 0) is 36.1 Å². The number of hydrogen-bond acceptors (Lipinski definition) is 3. The molecule has 0 radical (unpaired) electrons. The van der Waals surface area contributed by atoms with E-state index in [1.807, 2.05) is 24.3 Å². The summed E-state index contributed by atoms with van der Waals surface area (Å²) in [6.45, 7) is 8.77. The fraction of sp³-hybridized carbons (Fsp3) is 0.562. The summed E-state index contributed by atoms with van der Waals surface area (Å²) >= 11 is 0. The normalized spacial score (nSPS) is 14.6. The summed E-state index contributed by atoms with van der Waals surface area (Å²) in [7, 11) is 2.08. The molecule has 0 aliphatic rings. The predicted octanol–water partition coefficient (Wildman–Crippen LogP) is 3.15. The Hall–Kier alpha value is -1.53. The van der Waals surface area contributed by atoms with Crippen LogP contribution in [-0.4, -0.2) is 19.1 Å². The van der Waals surface area contributed by atoms with Gasteiger partial charge < -0.3 is 10.6 Å². The molecule has 0 saturated heterocycles. The minimum absolute atomic E-state index is 0.0953. The van der Waals surface area contributed by atoms with E-state index in [-0.39, 0.29) is 17.5 Å². The van der Waals surface area contributed by atoms with Gasteiger partial charge in [0.2, 0.25) is 0 Å². The third-order valence-electron chi connectivity index (χ3n) is 3.59. The van der Waals surface area contributed by atoms with E-state index in [2.05, 4.69) is 45.7 Å². The third kappa shape index (κ3) is 3.71. The molecular formula is C16H25N3. The monoisotopic (exact) mass is 259 g/mol. The fourth-order valence-electron chi connectivity index (χ4n) is 2.67. The van der Waals surface area contributed by atoms with Crippen molar-refractivity contribution in [3.63, 3.8) is 0 Å². The summed E-state index contributed by atoms with van der Waals surface area (Å²) in [6, 6.07) is 10.2. The highest BCUT2D eigenvalue weighted by molar-refractivity contribution is 5.50. The summed E-state index contributed by atoms with van der Waals surface area (Å²) < 4.78 is 0. The Morgan fingerprint density at radius 1 is 1.26 bits per heavy atom. The maximum Gasteiger partial charge on any atom is 0.0991 e. The molecule has 0 saturated carbocycles. The lowest BCUT2D eigenvalue weighted by Gasteiger charge is -2.42. The molecule has 1 aromatic rings. The van der Waals surface area contributed by atoms with Crippen molar-refractivity contribution in [1.29, 1.82) is 5.26 Å². The second-order valence-corrected chi connectivity index (χ2v) is 6.15. The van der Waals surface area contributed by atoms with Crippen molar-refractivity contribution >= 4 is 5.69 Å². The molecule has 19 heavy (non-hydrogen) atoms. The summed E-state index contributed by atoms with van der Waals surface area (Å²) in [5.41, 5.74) is 8.18. The van der Waals surface area contributed by atoms with Crippen molar-refractivity contribution in [3.8, 4) is 6.07 Å². The van der Waals surface area contributed by atoms with E-state index in [1.54, 1.807) is 0 Å². The third-order valence-corrected chi connectivity index (χ3v) is 3.59. The van der Waals surface area contributed by atoms with Gasteiger partial charge in [0.05, 0.1) is 11.6 Å². The first-order valence-electron chi connectivity index (χ1n) is 6.79. The van der Waals surface area contributed by atoms with Gasteiger partial charge >= 0.3 is 0 Å². The SMILES string of the molecule is CCC(N)C(N(C)c1ccc(C#N)cc1)C(C)(C)C. The Balaban J connectivity index is 3.05. The Morgan fingerprint density at radius 2 is 1.79 bits per heavy atom. The second-order valence-electron chi connectivity index (χ2n) is 6.15. The van der Waals surface area contributed by atoms with Crippen LogP contribution in [0.5, 0.6) is 0 Å². The van der Waals surface area contributed by atoms with E-state index < -0.39 is 0 Å². The molecule has 0 heterocycles. The van der Waals surface area contributed by atoms with E-state index in [0.29, 0.717) is 5.56 Å². The van der Waals surface area contributed by atoms with Crippen molar-refractivity contribution < 1.29 is 0 Å². The number of nitriles is 1. The van der Waals surface area contributed by atoms with Crippen LogP contribution >= 0.6 is 0 Å². The molecule has 3 nitrogen and oxygen atoms in total. The minimum atomic E-state index is 0.0953. The van der Waals surface area contributed by atoms with Crippen LogP contribution in [-0.2, 0) is 0 Å². The van der Waals surface area contributed by atoms with Crippen LogP contribution < -0.4 is 10.6 Å². The highest BCUT2D eigenvalue weighted by Gasteiger charge is 2.32. The standard InChI is InChI=1S/C16H25N3/c1-6-14(18)15(16(2,3)4)19(5)13-9-7-12(11-17)8-10-13/h7-10,14-15H,6,18H2,1-5H3. The van der Waals surface area contributed by atoms with Gasteiger partial charge in [0.25, 0.3) is 0 Å². The first-order chi connectivity index (χ1) is 8.81. The largest absolute Gasteiger partial charge is 0.370 e. The van der Waals surface area contributed by atoms with Crippen LogP contribution in [0, 0.1) is 16.7 Å². The van der Waals surface area contributed by atoms with Crippen LogP contribution in [0.2, 0.25) is 0 Å². The molecule has 0 fully saturated rings. The molecule has 2 atom stereocenters. The Labute approximate surface area is 117 Å². The summed E-state index contributed by atoms with van der Waals surface area (Å²) in [4.78, 5) is 2.23. The van der Waals surface area contributed by atoms with Crippen LogP contribution in [0.3, 0.4) is 0 Å². The maximum atomic E-state index is 8.85. The predicted molar refractivity (Wildman–Crippen MR) is 81.1 cm³/mol. The van der Waals surface area contributed by atoms with Crippen molar-refractivity contribution in [2.45, 2.75) is 46.2 Å². The van der Waals surface area contributed by atoms with Gasteiger partial charge in [0.1, 0.15) is 0 Å². The summed E-state index contributed by atoms with van der Waals surface area (Å²) in [5, 5.41) is 8.85. The average Bonchev–Trinajstić information content (AvgIpc) is 2.37. The van der Waals surface area contributed by atoms with Crippen LogP contribution in [0.4, 0.5) is 5.69 Å². The van der Waals surface area contributed by atoms with E-state index >= 15 is 0 Å². The van der Waals surface area contributed by atoms with Gasteiger partial charge in [0, 0.05) is 24.8 Å². The van der Waals surface area contributed by atoms with Crippen molar-refractivity contribution in [1.82, 2.24) is 0 Å². The molecule has 0 bridgehead atoms. The molecule has 0 amide bonds. The smallest absolute Gasteiger partial charge is 0.0991 e. The Bertz CT molecular complexity index is 437. The van der Waals surface area contributed by atoms with Crippen LogP contribution in [0.1, 0.15) is 39.7 Å². The van der Waals surface area contributed by atoms with Gasteiger partial charge in [0.15, 0.2) is 0 Å². The molecule has 1 aromatic carbocycles. The molecule has 0 aliphatic heterocycles. The zero-order chi connectivity index (χ0) is 14.6. The Kier molecular flexibility index (Phi) is 4.97. The van der Waals surface area contributed by atoms with E-state index in [0.717, 1.165) is 12.1 Å². The van der Waals surface area contributed by atoms with Gasteiger partial charge in [-0.2, -0.15) is 5.26 Å². The van der Waals surface area contributed by atoms with Crippen LogP contribution in [0.15, 0.2) is 24.3 Å². The highest BCUT2D eigenvalue weighted by atomic mass is 15.2. The molecule has 0 aromatic heterocycles. The lowest BCUT2D eigenvalue weighted by molar-refractivity contribution is 0.268. The number of hydrogen-bond donors (Lipinski definition) is 1. The molecule has 2 unspecified atom stereocenters. The molecule has 2 N–H and O–H groups in total. The molecule has 0 spiro atoms. The van der Waals surface area contributed by atoms with Crippen molar-refractivity contribution in [3.05, 3.63) is 29.8 Å². The van der Waals surface area contributed by atoms with E-state index in [4.69, 9.17) is 11.0 Å². The van der Waals surface area contributed by atoms with Gasteiger partial charge in [-0.25, -0.2) is 0 Å². The van der Waals surface area contributed by atoms with Gasteiger partial charge in [-0.15, -0.1) is 0 Å². The molecule has 3 heteroatoms. The number of likely N-dealkylation sites (N-methyl/N-ethyl adjacent to an activating group) is 1. The number of anilines is 1. The number of rotatable bonds is 4. The van der Waals surface area contributed by atoms with Crippen molar-refractivity contribution in [2.75, 3.05) is 11.9 Å².